The molecule has 3 rings (SSSR count). The summed E-state index contributed by atoms with van der Waals surface area (Å²) in [6, 6.07) is 19.9. The van der Waals surface area contributed by atoms with Crippen LogP contribution in [0.5, 0.6) is 11.5 Å². The summed E-state index contributed by atoms with van der Waals surface area (Å²) in [6.07, 6.45) is 1.39. The van der Waals surface area contributed by atoms with Crippen molar-refractivity contribution < 1.29 is 24.2 Å². The van der Waals surface area contributed by atoms with E-state index in [2.05, 4.69) is 50.5 Å². The molecule has 164 valence electrons. The number of carbonyl (C=O) groups is 2. The van der Waals surface area contributed by atoms with Gasteiger partial charge in [-0.1, -0.05) is 30.3 Å². The van der Waals surface area contributed by atoms with Gasteiger partial charge in [0.05, 0.1) is 10.7 Å². The van der Waals surface area contributed by atoms with E-state index in [1.165, 1.54) is 13.2 Å². The van der Waals surface area contributed by atoms with E-state index in [4.69, 9.17) is 9.47 Å². The third-order valence-corrected chi connectivity index (χ3v) is 5.89. The molecule has 32 heavy (non-hydrogen) atoms. The highest BCUT2D eigenvalue weighted by Gasteiger charge is 2.16. The minimum atomic E-state index is -1.25. The lowest BCUT2D eigenvalue weighted by Gasteiger charge is -2.14. The van der Waals surface area contributed by atoms with E-state index in [-0.39, 0.29) is 5.70 Å². The van der Waals surface area contributed by atoms with Gasteiger partial charge in [0, 0.05) is 9.13 Å². The smallest absolute Gasteiger partial charge is 0.352 e. The molecule has 0 aliphatic carbocycles. The van der Waals surface area contributed by atoms with Crippen molar-refractivity contribution in [2.45, 2.75) is 6.61 Å². The Balaban J connectivity index is 1.83. The van der Waals surface area contributed by atoms with Crippen molar-refractivity contribution in [3.63, 3.8) is 0 Å². The van der Waals surface area contributed by atoms with E-state index in [0.717, 1.165) is 12.7 Å². The Hall–Kier alpha value is -2.60. The maximum Gasteiger partial charge on any atom is 0.352 e. The first-order valence-electron chi connectivity index (χ1n) is 9.43. The summed E-state index contributed by atoms with van der Waals surface area (Å²) < 4.78 is 13.3. The van der Waals surface area contributed by atoms with E-state index >= 15 is 0 Å². The average molecular weight is 655 g/mol. The molecular weight excluding hydrogens is 636 g/mol. The maximum absolute atomic E-state index is 12.4. The number of halogens is 2. The molecule has 0 spiro atoms. The van der Waals surface area contributed by atoms with Gasteiger partial charge in [0.1, 0.15) is 12.3 Å². The third kappa shape index (κ3) is 6.45. The monoisotopic (exact) mass is 655 g/mol. The Labute approximate surface area is 212 Å². The summed E-state index contributed by atoms with van der Waals surface area (Å²) in [7, 11) is 1.52. The number of amides is 1. The van der Waals surface area contributed by atoms with Crippen LogP contribution in [-0.4, -0.2) is 24.1 Å². The summed E-state index contributed by atoms with van der Waals surface area (Å²) in [5.74, 6) is -0.720. The summed E-state index contributed by atoms with van der Waals surface area (Å²) in [4.78, 5) is 24.1. The van der Waals surface area contributed by atoms with Crippen LogP contribution in [0.25, 0.3) is 6.08 Å². The first kappa shape index (κ1) is 24.1. The van der Waals surface area contributed by atoms with Gasteiger partial charge >= 0.3 is 5.97 Å². The summed E-state index contributed by atoms with van der Waals surface area (Å²) in [6.45, 7) is 0.367. The molecule has 2 N–H and O–H groups in total. The first-order chi connectivity index (χ1) is 15.4. The second-order valence-corrected chi connectivity index (χ2v) is 9.04. The van der Waals surface area contributed by atoms with E-state index < -0.39 is 11.9 Å². The highest BCUT2D eigenvalue weighted by atomic mass is 127. The van der Waals surface area contributed by atoms with Gasteiger partial charge < -0.3 is 19.9 Å². The minimum Gasteiger partial charge on any atom is -0.493 e. The Bertz CT molecular complexity index is 1150. The molecule has 3 aromatic rings. The van der Waals surface area contributed by atoms with Crippen LogP contribution in [0.15, 0.2) is 72.4 Å². The number of hydrogen-bond donors (Lipinski definition) is 2. The zero-order chi connectivity index (χ0) is 23.1. The molecule has 0 heterocycles. The highest BCUT2D eigenvalue weighted by molar-refractivity contribution is 14.1. The van der Waals surface area contributed by atoms with E-state index in [9.17, 15) is 14.7 Å². The Morgan fingerprint density at radius 1 is 1.03 bits per heavy atom. The number of carbonyl (C=O) groups excluding carboxylic acids is 1. The second-order valence-electron chi connectivity index (χ2n) is 6.63. The maximum atomic E-state index is 12.4. The quantitative estimate of drug-likeness (QED) is 0.253. The summed E-state index contributed by atoms with van der Waals surface area (Å²) in [5.41, 5.74) is 1.69. The van der Waals surface area contributed by atoms with Crippen LogP contribution in [0.3, 0.4) is 0 Å². The van der Waals surface area contributed by atoms with Crippen LogP contribution in [-0.2, 0) is 11.4 Å². The summed E-state index contributed by atoms with van der Waals surface area (Å²) >= 11 is 4.36. The molecule has 0 atom stereocenters. The normalized spacial score (nSPS) is 11.0. The SMILES string of the molecule is COc1cc(C=C(NC(=O)c2ccccc2)C(=O)O)cc(I)c1OCc1ccc(I)cc1. The van der Waals surface area contributed by atoms with Crippen LogP contribution >= 0.6 is 45.2 Å². The Kier molecular flexibility index (Phi) is 8.51. The number of aliphatic carboxylic acids is 1. The fraction of sp³-hybridized carbons (Fsp3) is 0.0833. The van der Waals surface area contributed by atoms with Gasteiger partial charge in [-0.25, -0.2) is 4.79 Å². The molecule has 0 aromatic heterocycles. The predicted octanol–water partition coefficient (Wildman–Crippen LogP) is 5.34. The second kappa shape index (κ2) is 11.3. The van der Waals surface area contributed by atoms with Gasteiger partial charge in [-0.2, -0.15) is 0 Å². The number of hydrogen-bond acceptors (Lipinski definition) is 4. The number of carboxylic acid groups (broad SMARTS) is 1. The van der Waals surface area contributed by atoms with Crippen molar-refractivity contribution in [1.29, 1.82) is 0 Å². The van der Waals surface area contributed by atoms with E-state index in [1.807, 2.05) is 24.3 Å². The highest BCUT2D eigenvalue weighted by Crippen LogP contribution is 2.35. The topological polar surface area (TPSA) is 84.9 Å². The van der Waals surface area contributed by atoms with Crippen molar-refractivity contribution in [3.05, 3.63) is 96.3 Å². The molecular formula is C24H19I2NO5. The molecule has 0 fully saturated rings. The molecule has 0 radical (unpaired) electrons. The number of rotatable bonds is 8. The van der Waals surface area contributed by atoms with Crippen LogP contribution in [0.4, 0.5) is 0 Å². The van der Waals surface area contributed by atoms with Crippen LogP contribution in [0, 0.1) is 7.14 Å². The lowest BCUT2D eigenvalue weighted by molar-refractivity contribution is -0.132. The minimum absolute atomic E-state index is 0.246. The lowest BCUT2D eigenvalue weighted by Crippen LogP contribution is -2.27. The van der Waals surface area contributed by atoms with Crippen LogP contribution in [0.1, 0.15) is 21.5 Å². The zero-order valence-corrected chi connectivity index (χ0v) is 21.3. The fourth-order valence-electron chi connectivity index (χ4n) is 2.80. The van der Waals surface area contributed by atoms with Gasteiger partial charge in [-0.3, -0.25) is 4.79 Å². The van der Waals surface area contributed by atoms with Crippen molar-refractivity contribution in [2.24, 2.45) is 0 Å². The molecule has 0 saturated carbocycles. The van der Waals surface area contributed by atoms with Crippen molar-refractivity contribution in [2.75, 3.05) is 7.11 Å². The molecule has 0 saturated heterocycles. The molecule has 8 heteroatoms. The molecule has 0 aliphatic heterocycles. The lowest BCUT2D eigenvalue weighted by atomic mass is 10.1. The van der Waals surface area contributed by atoms with Gasteiger partial charge in [0.25, 0.3) is 5.91 Å². The summed E-state index contributed by atoms with van der Waals surface area (Å²) in [5, 5.41) is 12.0. The zero-order valence-electron chi connectivity index (χ0n) is 17.0. The average Bonchev–Trinajstić information content (AvgIpc) is 2.79. The number of benzene rings is 3. The largest absolute Gasteiger partial charge is 0.493 e. The molecule has 0 aliphatic rings. The van der Waals surface area contributed by atoms with Crippen LogP contribution < -0.4 is 14.8 Å². The third-order valence-electron chi connectivity index (χ3n) is 4.37. The predicted molar refractivity (Wildman–Crippen MR) is 139 cm³/mol. The van der Waals surface area contributed by atoms with Crippen molar-refractivity contribution in [1.82, 2.24) is 5.32 Å². The molecule has 1 amide bonds. The fourth-order valence-corrected chi connectivity index (χ4v) is 3.94. The Morgan fingerprint density at radius 2 is 1.72 bits per heavy atom. The standard InChI is InChI=1S/C24H19I2NO5/c1-31-21-13-16(11-19(26)22(21)32-14-15-7-9-18(25)10-8-15)12-20(24(29)30)27-23(28)17-5-3-2-4-6-17/h2-13H,14H2,1H3,(H,27,28)(H,29,30). The van der Waals surface area contributed by atoms with Crippen molar-refractivity contribution in [3.8, 4) is 11.5 Å². The first-order valence-corrected chi connectivity index (χ1v) is 11.6. The number of carboxylic acids is 1. The number of nitrogens with one attached hydrogen (secondary N) is 1. The molecule has 0 unspecified atom stereocenters. The Morgan fingerprint density at radius 3 is 2.34 bits per heavy atom. The van der Waals surface area contributed by atoms with E-state index in [0.29, 0.717) is 29.2 Å². The number of ether oxygens (including phenoxy) is 2. The molecule has 3 aromatic carbocycles. The van der Waals surface area contributed by atoms with Crippen LogP contribution in [0.2, 0.25) is 0 Å². The number of methoxy groups -OCH3 is 1. The van der Waals surface area contributed by atoms with Gasteiger partial charge in [0.15, 0.2) is 11.5 Å². The van der Waals surface area contributed by atoms with Crippen molar-refractivity contribution >= 4 is 63.1 Å². The molecule has 6 nitrogen and oxygen atoms in total. The van der Waals surface area contributed by atoms with E-state index in [1.54, 1.807) is 42.5 Å². The van der Waals surface area contributed by atoms with Gasteiger partial charge in [-0.05, 0) is 98.8 Å². The van der Waals surface area contributed by atoms with Gasteiger partial charge in [-0.15, -0.1) is 0 Å². The molecule has 0 bridgehead atoms. The van der Waals surface area contributed by atoms with Gasteiger partial charge in [0.2, 0.25) is 0 Å².